The van der Waals surface area contributed by atoms with Crippen LogP contribution in [0.1, 0.15) is 39.5 Å². The molecule has 3 rings (SSSR count). The summed E-state index contributed by atoms with van der Waals surface area (Å²) in [5.74, 6) is 0.382. The maximum Gasteiger partial charge on any atom is 0.236 e. The molecule has 3 aliphatic rings. The lowest BCUT2D eigenvalue weighted by Crippen LogP contribution is -2.52. The van der Waals surface area contributed by atoms with Gasteiger partial charge in [-0.15, -0.1) is 0 Å². The van der Waals surface area contributed by atoms with Gasteiger partial charge in [0.25, 0.3) is 0 Å². The average molecular weight is 323 g/mol. The van der Waals surface area contributed by atoms with E-state index in [9.17, 15) is 9.59 Å². The second kappa shape index (κ2) is 7.18. The summed E-state index contributed by atoms with van der Waals surface area (Å²) in [5.41, 5.74) is 0. The Morgan fingerprint density at radius 2 is 1.83 bits per heavy atom. The zero-order valence-electron chi connectivity index (χ0n) is 14.4. The van der Waals surface area contributed by atoms with Crippen molar-refractivity contribution in [3.05, 3.63) is 0 Å². The number of hydrogen-bond donors (Lipinski definition) is 0. The molecule has 0 N–H and O–H groups in total. The van der Waals surface area contributed by atoms with Crippen molar-refractivity contribution in [1.82, 2.24) is 14.7 Å². The highest BCUT2D eigenvalue weighted by Gasteiger charge is 2.39. The Hall–Kier alpha value is -1.14. The van der Waals surface area contributed by atoms with E-state index in [4.69, 9.17) is 4.74 Å². The molecule has 130 valence electrons. The SMILES string of the molecule is CC(=O)N1CCC[C@@H]1[C@H]1CCCN1CC(=O)N1CCO[C@@H](C)C1. The van der Waals surface area contributed by atoms with Crippen molar-refractivity contribution in [2.75, 3.05) is 39.3 Å². The van der Waals surface area contributed by atoms with E-state index in [-0.39, 0.29) is 17.9 Å². The van der Waals surface area contributed by atoms with Gasteiger partial charge in [-0.25, -0.2) is 0 Å². The van der Waals surface area contributed by atoms with E-state index in [0.29, 0.717) is 38.3 Å². The number of ether oxygens (including phenoxy) is 1. The van der Waals surface area contributed by atoms with E-state index in [0.717, 1.165) is 38.8 Å². The second-order valence-corrected chi connectivity index (χ2v) is 7.12. The van der Waals surface area contributed by atoms with Crippen LogP contribution in [0.4, 0.5) is 0 Å². The first-order valence-electron chi connectivity index (χ1n) is 8.97. The van der Waals surface area contributed by atoms with Crippen molar-refractivity contribution in [2.24, 2.45) is 0 Å². The number of nitrogens with zero attached hydrogens (tertiary/aromatic N) is 3. The second-order valence-electron chi connectivity index (χ2n) is 7.12. The van der Waals surface area contributed by atoms with Crippen LogP contribution in [0.2, 0.25) is 0 Å². The van der Waals surface area contributed by atoms with Crippen LogP contribution in [0.5, 0.6) is 0 Å². The fraction of sp³-hybridized carbons (Fsp3) is 0.882. The molecule has 0 spiro atoms. The molecule has 3 atom stereocenters. The summed E-state index contributed by atoms with van der Waals surface area (Å²) in [4.78, 5) is 30.7. The van der Waals surface area contributed by atoms with Gasteiger partial charge < -0.3 is 14.5 Å². The predicted molar refractivity (Wildman–Crippen MR) is 87.0 cm³/mol. The van der Waals surface area contributed by atoms with Gasteiger partial charge in [-0.05, 0) is 39.2 Å². The van der Waals surface area contributed by atoms with Crippen LogP contribution in [0.25, 0.3) is 0 Å². The molecule has 0 aromatic carbocycles. The summed E-state index contributed by atoms with van der Waals surface area (Å²) in [5, 5.41) is 0. The summed E-state index contributed by atoms with van der Waals surface area (Å²) >= 11 is 0. The molecular weight excluding hydrogens is 294 g/mol. The summed E-state index contributed by atoms with van der Waals surface area (Å²) in [7, 11) is 0. The molecule has 3 aliphatic heterocycles. The average Bonchev–Trinajstić information content (AvgIpc) is 3.15. The monoisotopic (exact) mass is 323 g/mol. The summed E-state index contributed by atoms with van der Waals surface area (Å²) in [6.45, 7) is 8.04. The fourth-order valence-corrected chi connectivity index (χ4v) is 4.39. The first-order valence-corrected chi connectivity index (χ1v) is 8.97. The van der Waals surface area contributed by atoms with Gasteiger partial charge >= 0.3 is 0 Å². The zero-order chi connectivity index (χ0) is 16.4. The zero-order valence-corrected chi connectivity index (χ0v) is 14.4. The topological polar surface area (TPSA) is 53.1 Å². The van der Waals surface area contributed by atoms with Gasteiger partial charge in [0.2, 0.25) is 11.8 Å². The Kier molecular flexibility index (Phi) is 5.21. The lowest BCUT2D eigenvalue weighted by molar-refractivity contribution is -0.140. The molecule has 0 radical (unpaired) electrons. The highest BCUT2D eigenvalue weighted by Crippen LogP contribution is 2.30. The molecule has 0 aliphatic carbocycles. The lowest BCUT2D eigenvalue weighted by atomic mass is 10.0. The minimum atomic E-state index is 0.130. The number of amides is 2. The molecule has 2 amide bonds. The van der Waals surface area contributed by atoms with Crippen LogP contribution in [0.15, 0.2) is 0 Å². The Bertz CT molecular complexity index is 456. The number of carbonyl (C=O) groups excluding carboxylic acids is 2. The van der Waals surface area contributed by atoms with Crippen LogP contribution in [-0.4, -0.2) is 84.0 Å². The Morgan fingerprint density at radius 1 is 1.09 bits per heavy atom. The Balaban J connectivity index is 1.60. The van der Waals surface area contributed by atoms with E-state index in [1.165, 1.54) is 0 Å². The van der Waals surface area contributed by atoms with Crippen LogP contribution in [0, 0.1) is 0 Å². The van der Waals surface area contributed by atoms with Gasteiger partial charge in [-0.2, -0.15) is 0 Å². The highest BCUT2D eigenvalue weighted by atomic mass is 16.5. The summed E-state index contributed by atoms with van der Waals surface area (Å²) < 4.78 is 5.52. The molecule has 3 saturated heterocycles. The highest BCUT2D eigenvalue weighted by molar-refractivity contribution is 5.78. The van der Waals surface area contributed by atoms with Crippen molar-refractivity contribution >= 4 is 11.8 Å². The molecular formula is C17H29N3O3. The third kappa shape index (κ3) is 3.69. The molecule has 0 saturated carbocycles. The maximum atomic E-state index is 12.6. The van der Waals surface area contributed by atoms with Crippen molar-refractivity contribution in [2.45, 2.75) is 57.7 Å². The molecule has 0 aromatic rings. The standard InChI is InChI=1S/C17H29N3O3/c1-13-11-19(9-10-23-13)17(22)12-18-7-3-5-15(18)16-6-4-8-20(16)14(2)21/h13,15-16H,3-12H2,1-2H3/t13-,15+,16+/m0/s1. The van der Waals surface area contributed by atoms with Crippen LogP contribution in [-0.2, 0) is 14.3 Å². The van der Waals surface area contributed by atoms with E-state index < -0.39 is 0 Å². The molecule has 6 nitrogen and oxygen atoms in total. The molecule has 6 heteroatoms. The predicted octanol–water partition coefficient (Wildman–Crippen LogP) is 0.709. The van der Waals surface area contributed by atoms with Crippen molar-refractivity contribution in [1.29, 1.82) is 0 Å². The molecule has 3 heterocycles. The summed E-state index contributed by atoms with van der Waals surface area (Å²) in [6.07, 6.45) is 4.51. The molecule has 0 aromatic heterocycles. The first kappa shape index (κ1) is 16.7. The van der Waals surface area contributed by atoms with E-state index >= 15 is 0 Å². The number of likely N-dealkylation sites (tertiary alicyclic amines) is 2. The van der Waals surface area contributed by atoms with Crippen LogP contribution >= 0.6 is 0 Å². The minimum Gasteiger partial charge on any atom is -0.375 e. The third-order valence-electron chi connectivity index (χ3n) is 5.49. The number of rotatable bonds is 3. The maximum absolute atomic E-state index is 12.6. The quantitative estimate of drug-likeness (QED) is 0.767. The Labute approximate surface area is 138 Å². The molecule has 0 bridgehead atoms. The Morgan fingerprint density at radius 3 is 2.57 bits per heavy atom. The largest absolute Gasteiger partial charge is 0.375 e. The molecule has 0 unspecified atom stereocenters. The van der Waals surface area contributed by atoms with Gasteiger partial charge in [0.15, 0.2) is 0 Å². The van der Waals surface area contributed by atoms with Crippen molar-refractivity contribution in [3.8, 4) is 0 Å². The van der Waals surface area contributed by atoms with Gasteiger partial charge in [-0.1, -0.05) is 0 Å². The van der Waals surface area contributed by atoms with E-state index in [1.54, 1.807) is 6.92 Å². The van der Waals surface area contributed by atoms with Gasteiger partial charge in [-0.3, -0.25) is 14.5 Å². The van der Waals surface area contributed by atoms with Crippen molar-refractivity contribution < 1.29 is 14.3 Å². The van der Waals surface area contributed by atoms with Crippen molar-refractivity contribution in [3.63, 3.8) is 0 Å². The number of carbonyl (C=O) groups is 2. The number of hydrogen-bond acceptors (Lipinski definition) is 4. The van der Waals surface area contributed by atoms with Gasteiger partial charge in [0.05, 0.1) is 19.3 Å². The van der Waals surface area contributed by atoms with Gasteiger partial charge in [0, 0.05) is 38.6 Å². The van der Waals surface area contributed by atoms with Crippen LogP contribution < -0.4 is 0 Å². The van der Waals surface area contributed by atoms with E-state index in [2.05, 4.69) is 4.90 Å². The smallest absolute Gasteiger partial charge is 0.236 e. The number of morpholine rings is 1. The summed E-state index contributed by atoms with van der Waals surface area (Å²) in [6, 6.07) is 0.648. The third-order valence-corrected chi connectivity index (χ3v) is 5.49. The van der Waals surface area contributed by atoms with E-state index in [1.807, 2.05) is 16.7 Å². The van der Waals surface area contributed by atoms with Gasteiger partial charge in [0.1, 0.15) is 0 Å². The van der Waals surface area contributed by atoms with Crippen LogP contribution in [0.3, 0.4) is 0 Å². The first-order chi connectivity index (χ1) is 11.1. The minimum absolute atomic E-state index is 0.130. The molecule has 23 heavy (non-hydrogen) atoms. The molecule has 3 fully saturated rings. The normalized spacial score (nSPS) is 32.5. The lowest BCUT2D eigenvalue weighted by Gasteiger charge is -2.36. The fourth-order valence-electron chi connectivity index (χ4n) is 4.39.